The summed E-state index contributed by atoms with van der Waals surface area (Å²) in [5.74, 6) is -0.0424. The Labute approximate surface area is 127 Å². The molecular weight excluding hydrogens is 282 g/mol. The maximum atomic E-state index is 11.6. The van der Waals surface area contributed by atoms with Gasteiger partial charge in [-0.3, -0.25) is 10.1 Å². The van der Waals surface area contributed by atoms with Crippen LogP contribution in [0.5, 0.6) is 0 Å². The molecule has 1 saturated heterocycles. The minimum absolute atomic E-state index is 0.111. The normalized spacial score (nSPS) is 17.4. The molecule has 0 saturated carbocycles. The van der Waals surface area contributed by atoms with E-state index in [9.17, 15) is 4.79 Å². The highest BCUT2D eigenvalue weighted by molar-refractivity contribution is 7.80. The Hall–Kier alpha value is -2.46. The zero-order valence-electron chi connectivity index (χ0n) is 11.1. The molecular formula is C17H11NO2S. The number of nitrogens with one attached hydrogen (secondary N) is 1. The van der Waals surface area contributed by atoms with Gasteiger partial charge in [0, 0.05) is 0 Å². The molecule has 1 heterocycles. The van der Waals surface area contributed by atoms with Crippen LogP contribution in [0.3, 0.4) is 0 Å². The van der Waals surface area contributed by atoms with Gasteiger partial charge in [-0.25, -0.2) is 0 Å². The molecule has 2 aromatic carbocycles. The fraction of sp³-hybridized carbons (Fsp3) is 0.0588. The van der Waals surface area contributed by atoms with Crippen molar-refractivity contribution in [2.45, 2.75) is 6.42 Å². The molecule has 0 bridgehead atoms. The maximum Gasteiger partial charge on any atom is 0.294 e. The van der Waals surface area contributed by atoms with Gasteiger partial charge in [-0.2, -0.15) is 0 Å². The van der Waals surface area contributed by atoms with Gasteiger partial charge in [0.25, 0.3) is 11.1 Å². The van der Waals surface area contributed by atoms with Gasteiger partial charge in [-0.05, 0) is 52.5 Å². The summed E-state index contributed by atoms with van der Waals surface area (Å²) in [7, 11) is 0. The molecule has 102 valence electrons. The molecule has 21 heavy (non-hydrogen) atoms. The lowest BCUT2D eigenvalue weighted by Crippen LogP contribution is -2.18. The molecule has 1 N–H and O–H groups in total. The van der Waals surface area contributed by atoms with Gasteiger partial charge in [0.1, 0.15) is 0 Å². The van der Waals surface area contributed by atoms with Crippen molar-refractivity contribution in [3.05, 3.63) is 64.9 Å². The Kier molecular flexibility index (Phi) is 2.65. The average Bonchev–Trinajstić information content (AvgIpc) is 2.98. The molecule has 0 aromatic heterocycles. The summed E-state index contributed by atoms with van der Waals surface area (Å²) >= 11 is 4.82. The molecule has 1 aliphatic heterocycles. The zero-order chi connectivity index (χ0) is 14.4. The van der Waals surface area contributed by atoms with Gasteiger partial charge in [-0.15, -0.1) is 0 Å². The van der Waals surface area contributed by atoms with E-state index >= 15 is 0 Å². The Balaban J connectivity index is 1.72. The summed E-state index contributed by atoms with van der Waals surface area (Å²) in [5, 5.41) is 2.57. The van der Waals surface area contributed by atoms with Gasteiger partial charge in [0.05, 0.1) is 0 Å². The van der Waals surface area contributed by atoms with E-state index in [2.05, 4.69) is 41.7 Å². The molecule has 0 radical (unpaired) electrons. The fourth-order valence-corrected chi connectivity index (χ4v) is 3.01. The summed E-state index contributed by atoms with van der Waals surface area (Å²) in [4.78, 5) is 11.6. The SMILES string of the molecule is O=C1NC(=S)OC1=Cc1ccc2c(c1)Cc1ccccc1-2. The first-order chi connectivity index (χ1) is 10.2. The summed E-state index contributed by atoms with van der Waals surface area (Å²) in [6.45, 7) is 0. The standard InChI is InChI=1S/C17H11NO2S/c19-16-15(20-17(21)18-16)8-10-5-6-14-12(7-10)9-11-3-1-2-4-13(11)14/h1-8H,9H2,(H,18,19,21). The number of hydrogen-bond donors (Lipinski definition) is 1. The lowest BCUT2D eigenvalue weighted by Gasteiger charge is -2.02. The van der Waals surface area contributed by atoms with Crippen LogP contribution >= 0.6 is 12.2 Å². The van der Waals surface area contributed by atoms with Gasteiger partial charge in [-0.1, -0.05) is 42.5 Å². The van der Waals surface area contributed by atoms with Crippen molar-refractivity contribution in [2.24, 2.45) is 0 Å². The predicted octanol–water partition coefficient (Wildman–Crippen LogP) is 3.03. The highest BCUT2D eigenvalue weighted by Gasteiger charge is 2.23. The number of hydrogen-bond acceptors (Lipinski definition) is 3. The van der Waals surface area contributed by atoms with Crippen molar-refractivity contribution < 1.29 is 9.53 Å². The van der Waals surface area contributed by atoms with E-state index in [1.807, 2.05) is 6.07 Å². The van der Waals surface area contributed by atoms with Crippen LogP contribution in [-0.2, 0) is 16.0 Å². The summed E-state index contributed by atoms with van der Waals surface area (Å²) in [5.41, 5.74) is 6.11. The van der Waals surface area contributed by atoms with Crippen molar-refractivity contribution in [3.8, 4) is 11.1 Å². The van der Waals surface area contributed by atoms with Crippen molar-refractivity contribution >= 4 is 29.4 Å². The summed E-state index contributed by atoms with van der Waals surface area (Å²) in [6, 6.07) is 14.6. The average molecular weight is 293 g/mol. The van der Waals surface area contributed by atoms with Crippen molar-refractivity contribution in [1.82, 2.24) is 5.32 Å². The molecule has 2 aliphatic rings. The highest BCUT2D eigenvalue weighted by Crippen LogP contribution is 2.37. The number of carbonyl (C=O) groups is 1. The molecule has 4 rings (SSSR count). The Morgan fingerprint density at radius 3 is 2.71 bits per heavy atom. The van der Waals surface area contributed by atoms with Crippen LogP contribution in [-0.4, -0.2) is 11.1 Å². The van der Waals surface area contributed by atoms with E-state index < -0.39 is 0 Å². The predicted molar refractivity (Wildman–Crippen MR) is 84.5 cm³/mol. The van der Waals surface area contributed by atoms with E-state index in [4.69, 9.17) is 17.0 Å². The van der Waals surface area contributed by atoms with E-state index in [-0.39, 0.29) is 16.8 Å². The third-order valence-electron chi connectivity index (χ3n) is 3.76. The fourth-order valence-electron chi connectivity index (χ4n) is 2.83. The Morgan fingerprint density at radius 2 is 1.90 bits per heavy atom. The minimum Gasteiger partial charge on any atom is -0.426 e. The molecule has 0 spiro atoms. The molecule has 2 aromatic rings. The topological polar surface area (TPSA) is 38.3 Å². The van der Waals surface area contributed by atoms with Crippen molar-refractivity contribution in [1.29, 1.82) is 0 Å². The van der Waals surface area contributed by atoms with Crippen LogP contribution in [0.1, 0.15) is 16.7 Å². The highest BCUT2D eigenvalue weighted by atomic mass is 32.1. The van der Waals surface area contributed by atoms with Gasteiger partial charge in [0.2, 0.25) is 0 Å². The van der Waals surface area contributed by atoms with E-state index in [0.717, 1.165) is 12.0 Å². The molecule has 0 atom stereocenters. The second-order valence-corrected chi connectivity index (χ2v) is 5.47. The van der Waals surface area contributed by atoms with E-state index in [1.54, 1.807) is 6.08 Å². The lowest BCUT2D eigenvalue weighted by atomic mass is 10.0. The van der Waals surface area contributed by atoms with Crippen LogP contribution in [0.2, 0.25) is 0 Å². The number of carbonyl (C=O) groups excluding carboxylic acids is 1. The lowest BCUT2D eigenvalue weighted by molar-refractivity contribution is -0.116. The molecule has 4 heteroatoms. The molecule has 3 nitrogen and oxygen atoms in total. The largest absolute Gasteiger partial charge is 0.426 e. The zero-order valence-corrected chi connectivity index (χ0v) is 11.9. The number of fused-ring (bicyclic) bond motifs is 3. The Bertz CT molecular complexity index is 823. The van der Waals surface area contributed by atoms with Crippen LogP contribution in [0, 0.1) is 0 Å². The van der Waals surface area contributed by atoms with Crippen LogP contribution in [0.4, 0.5) is 0 Å². The van der Waals surface area contributed by atoms with E-state index in [0.29, 0.717) is 0 Å². The number of amides is 1. The third kappa shape index (κ3) is 2.04. The van der Waals surface area contributed by atoms with Gasteiger partial charge in [0.15, 0.2) is 5.76 Å². The smallest absolute Gasteiger partial charge is 0.294 e. The van der Waals surface area contributed by atoms with Crippen LogP contribution < -0.4 is 5.32 Å². The first kappa shape index (κ1) is 12.3. The number of benzene rings is 2. The minimum atomic E-state index is -0.288. The van der Waals surface area contributed by atoms with Crippen molar-refractivity contribution in [3.63, 3.8) is 0 Å². The molecule has 1 fully saturated rings. The first-order valence-electron chi connectivity index (χ1n) is 6.67. The monoisotopic (exact) mass is 293 g/mol. The van der Waals surface area contributed by atoms with Crippen LogP contribution in [0.15, 0.2) is 48.2 Å². The van der Waals surface area contributed by atoms with Gasteiger partial charge < -0.3 is 4.74 Å². The first-order valence-corrected chi connectivity index (χ1v) is 7.07. The third-order valence-corrected chi connectivity index (χ3v) is 3.94. The second kappa shape index (κ2) is 4.53. The number of rotatable bonds is 1. The quantitative estimate of drug-likeness (QED) is 0.553. The Morgan fingerprint density at radius 1 is 1.10 bits per heavy atom. The summed E-state index contributed by atoms with van der Waals surface area (Å²) < 4.78 is 5.19. The van der Waals surface area contributed by atoms with Gasteiger partial charge >= 0.3 is 0 Å². The maximum absolute atomic E-state index is 11.6. The second-order valence-electron chi connectivity index (χ2n) is 5.10. The molecule has 1 aliphatic carbocycles. The summed E-state index contributed by atoms with van der Waals surface area (Å²) in [6.07, 6.45) is 2.64. The number of ether oxygens (including phenoxy) is 1. The van der Waals surface area contributed by atoms with Crippen molar-refractivity contribution in [2.75, 3.05) is 0 Å². The van der Waals surface area contributed by atoms with Crippen LogP contribution in [0.25, 0.3) is 17.2 Å². The number of thiocarbonyl (C=S) groups is 1. The van der Waals surface area contributed by atoms with E-state index in [1.165, 1.54) is 22.3 Å². The molecule has 0 unspecified atom stereocenters. The molecule has 1 amide bonds.